The normalized spacial score (nSPS) is 12.8. The zero-order valence-electron chi connectivity index (χ0n) is 12.6. The van der Waals surface area contributed by atoms with Gasteiger partial charge in [0.1, 0.15) is 0 Å². The monoisotopic (exact) mass is 266 g/mol. The minimum absolute atomic E-state index is 0.199. The van der Waals surface area contributed by atoms with Crippen LogP contribution >= 0.6 is 0 Å². The molecule has 0 fully saturated rings. The van der Waals surface area contributed by atoms with Crippen molar-refractivity contribution in [1.29, 1.82) is 0 Å². The van der Waals surface area contributed by atoms with Crippen molar-refractivity contribution in [3.8, 4) is 11.5 Å². The van der Waals surface area contributed by atoms with Crippen molar-refractivity contribution in [3.05, 3.63) is 23.8 Å². The van der Waals surface area contributed by atoms with Crippen molar-refractivity contribution < 1.29 is 9.47 Å². The van der Waals surface area contributed by atoms with E-state index in [0.29, 0.717) is 12.6 Å². The van der Waals surface area contributed by atoms with E-state index in [0.717, 1.165) is 23.6 Å². The molecule has 1 aromatic rings. The third kappa shape index (κ3) is 3.61. The van der Waals surface area contributed by atoms with Crippen LogP contribution in [0.3, 0.4) is 0 Å². The van der Waals surface area contributed by atoms with Crippen molar-refractivity contribution >= 4 is 0 Å². The highest BCUT2D eigenvalue weighted by Crippen LogP contribution is 2.32. The molecule has 19 heavy (non-hydrogen) atoms. The number of rotatable bonds is 7. The van der Waals surface area contributed by atoms with Gasteiger partial charge in [-0.3, -0.25) is 4.90 Å². The number of nitrogens with zero attached hydrogens (tertiary/aromatic N) is 1. The Hall–Kier alpha value is -1.26. The summed E-state index contributed by atoms with van der Waals surface area (Å²) >= 11 is 0. The zero-order chi connectivity index (χ0) is 14.4. The Morgan fingerprint density at radius 2 is 1.79 bits per heavy atom. The lowest BCUT2D eigenvalue weighted by Crippen LogP contribution is -2.38. The van der Waals surface area contributed by atoms with Crippen LogP contribution in [0.25, 0.3) is 0 Å². The Morgan fingerprint density at radius 1 is 1.16 bits per heavy atom. The number of hydrogen-bond donors (Lipinski definition) is 1. The largest absolute Gasteiger partial charge is 0.493 e. The molecule has 0 saturated heterocycles. The van der Waals surface area contributed by atoms with Crippen molar-refractivity contribution in [1.82, 2.24) is 4.90 Å². The van der Waals surface area contributed by atoms with Crippen LogP contribution in [0.5, 0.6) is 11.5 Å². The van der Waals surface area contributed by atoms with Crippen LogP contribution in [0.1, 0.15) is 32.4 Å². The van der Waals surface area contributed by atoms with Gasteiger partial charge in [0, 0.05) is 18.6 Å². The first kappa shape index (κ1) is 15.8. The summed E-state index contributed by atoms with van der Waals surface area (Å²) in [6, 6.07) is 6.66. The Bertz CT molecular complexity index is 394. The molecule has 1 atom stereocenters. The lowest BCUT2D eigenvalue weighted by molar-refractivity contribution is 0.166. The first-order chi connectivity index (χ1) is 9.08. The predicted molar refractivity (Wildman–Crippen MR) is 78.9 cm³/mol. The Morgan fingerprint density at radius 3 is 2.21 bits per heavy atom. The molecule has 1 rings (SSSR count). The predicted octanol–water partition coefficient (Wildman–Crippen LogP) is 2.43. The summed E-state index contributed by atoms with van der Waals surface area (Å²) < 4.78 is 10.6. The standard InChI is InChI=1S/C15H26N2O2/c1-6-17(11(2)3)13(10-16)12-7-8-14(18-4)15(9-12)19-5/h7-9,11,13H,6,10,16H2,1-5H3. The average Bonchev–Trinajstić information content (AvgIpc) is 2.43. The number of likely N-dealkylation sites (N-methyl/N-ethyl adjacent to an activating group) is 1. The topological polar surface area (TPSA) is 47.7 Å². The Labute approximate surface area is 116 Å². The summed E-state index contributed by atoms with van der Waals surface area (Å²) in [6.07, 6.45) is 0. The molecule has 0 saturated carbocycles. The Kier molecular flexibility index (Phi) is 6.12. The second-order valence-electron chi connectivity index (χ2n) is 4.79. The minimum Gasteiger partial charge on any atom is -0.493 e. The molecule has 0 spiro atoms. The van der Waals surface area contributed by atoms with Gasteiger partial charge in [-0.05, 0) is 38.1 Å². The van der Waals surface area contributed by atoms with Gasteiger partial charge in [-0.1, -0.05) is 13.0 Å². The van der Waals surface area contributed by atoms with Crippen LogP contribution in [0.2, 0.25) is 0 Å². The molecule has 0 aliphatic rings. The maximum atomic E-state index is 5.97. The second kappa shape index (κ2) is 7.36. The fourth-order valence-corrected chi connectivity index (χ4v) is 2.47. The SMILES string of the molecule is CCN(C(C)C)C(CN)c1ccc(OC)c(OC)c1. The third-order valence-corrected chi connectivity index (χ3v) is 3.44. The molecule has 4 heteroatoms. The third-order valence-electron chi connectivity index (χ3n) is 3.44. The molecule has 0 aromatic heterocycles. The summed E-state index contributed by atoms with van der Waals surface area (Å²) in [5, 5.41) is 0. The van der Waals surface area contributed by atoms with E-state index in [9.17, 15) is 0 Å². The van der Waals surface area contributed by atoms with E-state index in [-0.39, 0.29) is 6.04 Å². The maximum Gasteiger partial charge on any atom is 0.161 e. The molecule has 2 N–H and O–H groups in total. The van der Waals surface area contributed by atoms with Gasteiger partial charge < -0.3 is 15.2 Å². The summed E-state index contributed by atoms with van der Waals surface area (Å²) in [6.45, 7) is 8.08. The fourth-order valence-electron chi connectivity index (χ4n) is 2.47. The van der Waals surface area contributed by atoms with Gasteiger partial charge in [0.2, 0.25) is 0 Å². The molecule has 0 amide bonds. The molecular formula is C15H26N2O2. The quantitative estimate of drug-likeness (QED) is 0.823. The molecule has 0 bridgehead atoms. The van der Waals surface area contributed by atoms with Gasteiger partial charge in [-0.25, -0.2) is 0 Å². The van der Waals surface area contributed by atoms with E-state index in [2.05, 4.69) is 31.7 Å². The Balaban J connectivity index is 3.11. The van der Waals surface area contributed by atoms with E-state index in [4.69, 9.17) is 15.2 Å². The van der Waals surface area contributed by atoms with E-state index in [1.54, 1.807) is 14.2 Å². The molecule has 0 aliphatic heterocycles. The number of benzene rings is 1. The van der Waals surface area contributed by atoms with Crippen LogP contribution in [0.15, 0.2) is 18.2 Å². The van der Waals surface area contributed by atoms with E-state index in [1.807, 2.05) is 12.1 Å². The lowest BCUT2D eigenvalue weighted by Gasteiger charge is -2.33. The van der Waals surface area contributed by atoms with E-state index in [1.165, 1.54) is 0 Å². The van der Waals surface area contributed by atoms with Crippen LogP contribution in [-0.2, 0) is 0 Å². The number of nitrogens with two attached hydrogens (primary N) is 1. The van der Waals surface area contributed by atoms with Crippen LogP contribution in [-0.4, -0.2) is 38.3 Å². The summed E-state index contributed by atoms with van der Waals surface area (Å²) in [4.78, 5) is 2.38. The first-order valence-electron chi connectivity index (χ1n) is 6.76. The molecule has 0 radical (unpaired) electrons. The fraction of sp³-hybridized carbons (Fsp3) is 0.600. The highest BCUT2D eigenvalue weighted by atomic mass is 16.5. The lowest BCUT2D eigenvalue weighted by atomic mass is 10.0. The number of methoxy groups -OCH3 is 2. The van der Waals surface area contributed by atoms with Crippen molar-refractivity contribution in [2.24, 2.45) is 5.73 Å². The van der Waals surface area contributed by atoms with Crippen molar-refractivity contribution in [2.45, 2.75) is 32.9 Å². The highest BCUT2D eigenvalue weighted by molar-refractivity contribution is 5.43. The van der Waals surface area contributed by atoms with Crippen LogP contribution in [0.4, 0.5) is 0 Å². The number of hydrogen-bond acceptors (Lipinski definition) is 4. The van der Waals surface area contributed by atoms with Crippen LogP contribution < -0.4 is 15.2 Å². The second-order valence-corrected chi connectivity index (χ2v) is 4.79. The van der Waals surface area contributed by atoms with Crippen molar-refractivity contribution in [3.63, 3.8) is 0 Å². The molecule has 1 aromatic carbocycles. The van der Waals surface area contributed by atoms with Crippen molar-refractivity contribution in [2.75, 3.05) is 27.3 Å². The molecule has 0 aliphatic carbocycles. The van der Waals surface area contributed by atoms with Gasteiger partial charge in [-0.15, -0.1) is 0 Å². The van der Waals surface area contributed by atoms with E-state index < -0.39 is 0 Å². The number of ether oxygens (including phenoxy) is 2. The smallest absolute Gasteiger partial charge is 0.161 e. The minimum atomic E-state index is 0.199. The van der Waals surface area contributed by atoms with E-state index >= 15 is 0 Å². The molecule has 0 heterocycles. The zero-order valence-corrected chi connectivity index (χ0v) is 12.6. The maximum absolute atomic E-state index is 5.97. The summed E-state index contributed by atoms with van der Waals surface area (Å²) in [5.74, 6) is 1.49. The summed E-state index contributed by atoms with van der Waals surface area (Å²) in [7, 11) is 3.30. The molecular weight excluding hydrogens is 240 g/mol. The highest BCUT2D eigenvalue weighted by Gasteiger charge is 2.21. The van der Waals surface area contributed by atoms with Gasteiger partial charge >= 0.3 is 0 Å². The molecule has 4 nitrogen and oxygen atoms in total. The average molecular weight is 266 g/mol. The van der Waals surface area contributed by atoms with Gasteiger partial charge in [0.05, 0.1) is 14.2 Å². The van der Waals surface area contributed by atoms with Gasteiger partial charge in [0.15, 0.2) is 11.5 Å². The van der Waals surface area contributed by atoms with Gasteiger partial charge in [-0.2, -0.15) is 0 Å². The molecule has 1 unspecified atom stereocenters. The first-order valence-corrected chi connectivity index (χ1v) is 6.76. The van der Waals surface area contributed by atoms with Gasteiger partial charge in [0.25, 0.3) is 0 Å². The summed E-state index contributed by atoms with van der Waals surface area (Å²) in [5.41, 5.74) is 7.13. The molecule has 108 valence electrons. The van der Waals surface area contributed by atoms with Crippen LogP contribution in [0, 0.1) is 0 Å².